The van der Waals surface area contributed by atoms with Crippen LogP contribution in [0.15, 0.2) is 59.1 Å². The van der Waals surface area contributed by atoms with Crippen LogP contribution < -0.4 is 19.5 Å². The number of benzene rings is 3. The summed E-state index contributed by atoms with van der Waals surface area (Å²) in [5.74, 6) is 1.67. The first kappa shape index (κ1) is 25.8. The molecular formula is C28H25BrN4O4. The molecule has 4 rings (SSSR count). The van der Waals surface area contributed by atoms with Gasteiger partial charge in [-0.25, -0.2) is 4.98 Å². The van der Waals surface area contributed by atoms with Crippen LogP contribution in [0.2, 0.25) is 0 Å². The molecule has 1 aromatic heterocycles. The number of rotatable bonds is 9. The third kappa shape index (κ3) is 6.29. The van der Waals surface area contributed by atoms with E-state index >= 15 is 0 Å². The second-order valence-corrected chi connectivity index (χ2v) is 8.96. The predicted molar refractivity (Wildman–Crippen MR) is 147 cm³/mol. The van der Waals surface area contributed by atoms with Crippen LogP contribution in [0.3, 0.4) is 0 Å². The van der Waals surface area contributed by atoms with Crippen LogP contribution in [0.4, 0.5) is 5.69 Å². The molecule has 37 heavy (non-hydrogen) atoms. The van der Waals surface area contributed by atoms with Gasteiger partial charge in [0.1, 0.15) is 17.6 Å². The molecule has 2 N–H and O–H groups in total. The number of amides is 1. The van der Waals surface area contributed by atoms with E-state index in [1.807, 2.05) is 56.3 Å². The van der Waals surface area contributed by atoms with Crippen molar-refractivity contribution in [1.82, 2.24) is 9.97 Å². The highest BCUT2D eigenvalue weighted by molar-refractivity contribution is 9.10. The van der Waals surface area contributed by atoms with Crippen molar-refractivity contribution in [1.29, 1.82) is 5.26 Å². The van der Waals surface area contributed by atoms with Crippen LogP contribution in [0.25, 0.3) is 22.7 Å². The molecule has 0 fully saturated rings. The number of H-pyrrole nitrogens is 1. The van der Waals surface area contributed by atoms with Crippen LogP contribution in [-0.2, 0) is 4.79 Å². The largest absolute Gasteiger partial charge is 0.497 e. The molecule has 0 atom stereocenters. The number of carbonyl (C=O) groups excluding carboxylic acids is 1. The lowest BCUT2D eigenvalue weighted by Crippen LogP contribution is -2.20. The highest BCUT2D eigenvalue weighted by Gasteiger charge is 2.15. The number of nitrogens with zero attached hydrogens (tertiary/aromatic N) is 2. The summed E-state index contributed by atoms with van der Waals surface area (Å²) >= 11 is 3.52. The number of methoxy groups -OCH3 is 1. The first-order valence-electron chi connectivity index (χ1n) is 11.5. The van der Waals surface area contributed by atoms with Crippen LogP contribution in [0.5, 0.6) is 17.2 Å². The normalized spacial score (nSPS) is 11.2. The number of imidazole rings is 1. The number of ether oxygens (including phenoxy) is 3. The maximum atomic E-state index is 12.4. The quantitative estimate of drug-likeness (QED) is 0.238. The number of fused-ring (bicyclic) bond motifs is 1. The maximum absolute atomic E-state index is 12.4. The van der Waals surface area contributed by atoms with E-state index in [0.717, 1.165) is 16.6 Å². The van der Waals surface area contributed by atoms with E-state index < -0.39 is 0 Å². The Balaban J connectivity index is 1.56. The topological polar surface area (TPSA) is 109 Å². The number of halogens is 1. The number of nitriles is 1. The van der Waals surface area contributed by atoms with Crippen molar-refractivity contribution in [2.75, 3.05) is 25.6 Å². The van der Waals surface area contributed by atoms with Gasteiger partial charge >= 0.3 is 0 Å². The molecule has 1 amide bonds. The molecule has 0 radical (unpaired) electrons. The molecule has 9 heteroatoms. The molecule has 0 saturated heterocycles. The molecule has 1 heterocycles. The predicted octanol–water partition coefficient (Wildman–Crippen LogP) is 6.12. The fourth-order valence-electron chi connectivity index (χ4n) is 3.61. The Labute approximate surface area is 223 Å². The van der Waals surface area contributed by atoms with Gasteiger partial charge in [-0.2, -0.15) is 5.26 Å². The van der Waals surface area contributed by atoms with Crippen molar-refractivity contribution in [3.8, 4) is 23.3 Å². The summed E-state index contributed by atoms with van der Waals surface area (Å²) in [5, 5.41) is 12.6. The van der Waals surface area contributed by atoms with Gasteiger partial charge in [-0.05, 0) is 77.8 Å². The van der Waals surface area contributed by atoms with E-state index in [0.29, 0.717) is 51.0 Å². The Kier molecular flexibility index (Phi) is 8.11. The van der Waals surface area contributed by atoms with Gasteiger partial charge in [-0.3, -0.25) is 4.79 Å². The molecule has 0 aliphatic rings. The average Bonchev–Trinajstić information content (AvgIpc) is 3.31. The first-order valence-corrected chi connectivity index (χ1v) is 12.3. The standard InChI is InChI=1S/C28H25BrN4O4/c1-4-36-25-13-18(11-19(15-30)28-32-23-10-9-21(35-3)14-24(23)33-28)12-22(29)27(25)37-16-26(34)31-20-7-5-17(2)6-8-20/h5-14H,4,16H2,1-3H3,(H,31,34)(H,32,33)/b19-11-. The minimum Gasteiger partial charge on any atom is -0.497 e. The summed E-state index contributed by atoms with van der Waals surface area (Å²) in [6.45, 7) is 4.03. The van der Waals surface area contributed by atoms with E-state index in [2.05, 4.69) is 37.3 Å². The summed E-state index contributed by atoms with van der Waals surface area (Å²) in [4.78, 5) is 20.1. The van der Waals surface area contributed by atoms with Crippen molar-refractivity contribution in [3.63, 3.8) is 0 Å². The molecule has 3 aromatic carbocycles. The van der Waals surface area contributed by atoms with Gasteiger partial charge in [0.05, 0.1) is 34.8 Å². The number of nitrogens with one attached hydrogen (secondary N) is 2. The highest BCUT2D eigenvalue weighted by atomic mass is 79.9. The summed E-state index contributed by atoms with van der Waals surface area (Å²) < 4.78 is 17.4. The summed E-state index contributed by atoms with van der Waals surface area (Å²) in [7, 11) is 1.59. The van der Waals surface area contributed by atoms with E-state index in [1.54, 1.807) is 25.3 Å². The number of aryl methyl sites for hydroxylation is 1. The Hall–Kier alpha value is -4.29. The second-order valence-electron chi connectivity index (χ2n) is 8.10. The van der Waals surface area contributed by atoms with Crippen LogP contribution in [0.1, 0.15) is 23.9 Å². The van der Waals surface area contributed by atoms with Crippen molar-refractivity contribution >= 4 is 50.2 Å². The van der Waals surface area contributed by atoms with Gasteiger partial charge in [0.2, 0.25) is 0 Å². The van der Waals surface area contributed by atoms with Gasteiger partial charge in [0, 0.05) is 11.8 Å². The molecule has 0 saturated carbocycles. The number of hydrogen-bond donors (Lipinski definition) is 2. The third-order valence-electron chi connectivity index (χ3n) is 5.39. The van der Waals surface area contributed by atoms with Crippen molar-refractivity contribution in [2.45, 2.75) is 13.8 Å². The monoisotopic (exact) mass is 560 g/mol. The van der Waals surface area contributed by atoms with Crippen LogP contribution >= 0.6 is 15.9 Å². The summed E-state index contributed by atoms with van der Waals surface area (Å²) in [5.41, 5.74) is 4.32. The molecule has 4 aromatic rings. The van der Waals surface area contributed by atoms with Gasteiger partial charge in [0.25, 0.3) is 5.91 Å². The highest BCUT2D eigenvalue weighted by Crippen LogP contribution is 2.38. The average molecular weight is 561 g/mol. The molecule has 0 aliphatic carbocycles. The minimum absolute atomic E-state index is 0.201. The van der Waals surface area contributed by atoms with E-state index in [1.165, 1.54) is 0 Å². The smallest absolute Gasteiger partial charge is 0.262 e. The Bertz CT molecular complexity index is 1500. The Morgan fingerprint density at radius 2 is 1.95 bits per heavy atom. The van der Waals surface area contributed by atoms with E-state index in [4.69, 9.17) is 14.2 Å². The molecule has 0 unspecified atom stereocenters. The third-order valence-corrected chi connectivity index (χ3v) is 5.98. The number of aromatic nitrogens is 2. The molecule has 0 bridgehead atoms. The van der Waals surface area contributed by atoms with Crippen molar-refractivity contribution in [2.24, 2.45) is 0 Å². The lowest BCUT2D eigenvalue weighted by Gasteiger charge is -2.15. The fraction of sp³-hybridized carbons (Fsp3) is 0.179. The van der Waals surface area contributed by atoms with Crippen LogP contribution in [0, 0.1) is 18.3 Å². The fourth-order valence-corrected chi connectivity index (χ4v) is 4.18. The zero-order valence-electron chi connectivity index (χ0n) is 20.6. The molecule has 188 valence electrons. The number of carbonyl (C=O) groups is 1. The van der Waals surface area contributed by atoms with E-state index in [9.17, 15) is 10.1 Å². The van der Waals surface area contributed by atoms with Crippen LogP contribution in [-0.4, -0.2) is 36.2 Å². The van der Waals surface area contributed by atoms with E-state index in [-0.39, 0.29) is 12.5 Å². The Morgan fingerprint density at radius 1 is 1.16 bits per heavy atom. The molecule has 0 spiro atoms. The minimum atomic E-state index is -0.296. The van der Waals surface area contributed by atoms with Gasteiger partial charge < -0.3 is 24.5 Å². The molecular weight excluding hydrogens is 536 g/mol. The van der Waals surface area contributed by atoms with Crippen molar-refractivity contribution in [3.05, 3.63) is 76.0 Å². The lowest BCUT2D eigenvalue weighted by molar-refractivity contribution is -0.118. The number of anilines is 1. The zero-order valence-corrected chi connectivity index (χ0v) is 22.2. The van der Waals surface area contributed by atoms with Gasteiger partial charge in [-0.15, -0.1) is 0 Å². The Morgan fingerprint density at radius 3 is 2.65 bits per heavy atom. The zero-order chi connectivity index (χ0) is 26.4. The first-order chi connectivity index (χ1) is 17.9. The summed E-state index contributed by atoms with van der Waals surface area (Å²) in [6, 6.07) is 18.7. The van der Waals surface area contributed by atoms with Crippen molar-refractivity contribution < 1.29 is 19.0 Å². The second kappa shape index (κ2) is 11.6. The molecule has 8 nitrogen and oxygen atoms in total. The molecule has 0 aliphatic heterocycles. The number of aromatic amines is 1. The SMILES string of the molecule is CCOc1cc(/C=C(/C#N)c2nc3ccc(OC)cc3[nH]2)cc(Br)c1OCC(=O)Nc1ccc(C)cc1. The van der Waals surface area contributed by atoms with Gasteiger partial charge in [-0.1, -0.05) is 17.7 Å². The number of hydrogen-bond acceptors (Lipinski definition) is 6. The maximum Gasteiger partial charge on any atom is 0.262 e. The lowest BCUT2D eigenvalue weighted by atomic mass is 10.1. The van der Waals surface area contributed by atoms with Gasteiger partial charge in [0.15, 0.2) is 18.1 Å². The summed E-state index contributed by atoms with van der Waals surface area (Å²) in [6.07, 6.45) is 1.70. The number of allylic oxidation sites excluding steroid dienone is 1.